The van der Waals surface area contributed by atoms with Crippen LogP contribution in [0.5, 0.6) is 5.88 Å². The molecule has 1 saturated heterocycles. The van der Waals surface area contributed by atoms with Gasteiger partial charge in [-0.1, -0.05) is 50.6 Å². The van der Waals surface area contributed by atoms with Crippen molar-refractivity contribution in [2.24, 2.45) is 28.6 Å². The summed E-state index contributed by atoms with van der Waals surface area (Å²) in [7, 11) is 1.57. The molecule has 0 amide bonds. The molecule has 4 fully saturated rings. The van der Waals surface area contributed by atoms with Gasteiger partial charge in [-0.05, 0) is 62.2 Å². The van der Waals surface area contributed by atoms with Crippen LogP contribution in [-0.4, -0.2) is 68.6 Å². The Morgan fingerprint density at radius 1 is 1.29 bits per heavy atom. The smallest absolute Gasteiger partial charge is 0.215 e. The SMILES string of the molecule is CCC[C@@H]1O[C@H]2CC3C4CCC5=CC(=O)C=CC5(C)C4[C@@H](O)CC3(C)[C@]2(C(=O)CSc2nc3nc(OC)ccc3[nH]2)O1. The fourth-order valence-electron chi connectivity index (χ4n) is 9.28. The van der Waals surface area contributed by atoms with Crippen LogP contribution in [0.1, 0.15) is 59.3 Å². The number of Topliss-reactive ketones (excluding diaryl/α,β-unsaturated/α-hetero) is 1. The molecule has 3 saturated carbocycles. The minimum absolute atomic E-state index is 0.0106. The molecule has 10 heteroatoms. The predicted molar refractivity (Wildman–Crippen MR) is 157 cm³/mol. The van der Waals surface area contributed by atoms with Gasteiger partial charge < -0.3 is 24.3 Å². The Labute approximate surface area is 249 Å². The number of ketones is 2. The Morgan fingerprint density at radius 3 is 2.90 bits per heavy atom. The first-order valence-corrected chi connectivity index (χ1v) is 16.1. The third kappa shape index (κ3) is 3.94. The fourth-order valence-corrected chi connectivity index (χ4v) is 10.1. The van der Waals surface area contributed by atoms with E-state index in [2.05, 4.69) is 35.7 Å². The molecule has 2 aromatic heterocycles. The predicted octanol–water partition coefficient (Wildman–Crippen LogP) is 4.80. The van der Waals surface area contributed by atoms with Gasteiger partial charge in [0.25, 0.3) is 0 Å². The van der Waals surface area contributed by atoms with E-state index in [1.807, 2.05) is 12.1 Å². The molecule has 42 heavy (non-hydrogen) atoms. The molecule has 9 nitrogen and oxygen atoms in total. The molecule has 0 radical (unpaired) electrons. The third-order valence-corrected chi connectivity index (χ3v) is 11.9. The zero-order valence-corrected chi connectivity index (χ0v) is 25.4. The number of hydrogen-bond donors (Lipinski definition) is 2. The number of hydrogen-bond acceptors (Lipinski definition) is 9. The van der Waals surface area contributed by atoms with Gasteiger partial charge in [-0.15, -0.1) is 0 Å². The van der Waals surface area contributed by atoms with Gasteiger partial charge >= 0.3 is 0 Å². The minimum atomic E-state index is -1.14. The van der Waals surface area contributed by atoms with Gasteiger partial charge in [0.2, 0.25) is 5.88 Å². The Balaban J connectivity index is 1.20. The second kappa shape index (κ2) is 10.0. The lowest BCUT2D eigenvalue weighted by Crippen LogP contribution is -2.63. The number of thioether (sulfide) groups is 1. The van der Waals surface area contributed by atoms with Crippen molar-refractivity contribution in [1.82, 2.24) is 15.0 Å². The first-order chi connectivity index (χ1) is 20.1. The molecule has 0 bridgehead atoms. The Bertz CT molecular complexity index is 1500. The number of aliphatic hydroxyl groups is 1. The fraction of sp³-hybridized carbons (Fsp3) is 0.625. The number of aliphatic hydroxyl groups excluding tert-OH is 1. The number of imidazole rings is 1. The number of allylic oxidation sites excluding steroid dienone is 4. The summed E-state index contributed by atoms with van der Waals surface area (Å²) in [4.78, 5) is 38.9. The summed E-state index contributed by atoms with van der Waals surface area (Å²) < 4.78 is 18.5. The van der Waals surface area contributed by atoms with Crippen molar-refractivity contribution in [3.63, 3.8) is 0 Å². The zero-order valence-electron chi connectivity index (χ0n) is 24.6. The van der Waals surface area contributed by atoms with E-state index in [-0.39, 0.29) is 46.6 Å². The van der Waals surface area contributed by atoms with Crippen molar-refractivity contribution in [1.29, 1.82) is 0 Å². The van der Waals surface area contributed by atoms with E-state index in [0.29, 0.717) is 23.1 Å². The van der Waals surface area contributed by atoms with E-state index in [0.717, 1.165) is 43.2 Å². The monoisotopic (exact) mass is 593 g/mol. The van der Waals surface area contributed by atoms with Gasteiger partial charge in [0.05, 0.1) is 30.6 Å². The molecular weight excluding hydrogens is 554 g/mol. The number of aromatic amines is 1. The summed E-state index contributed by atoms with van der Waals surface area (Å²) in [6, 6.07) is 3.64. The van der Waals surface area contributed by atoms with Crippen molar-refractivity contribution in [2.45, 2.75) is 88.6 Å². The molecule has 0 aromatic carbocycles. The number of nitrogens with zero attached hydrogens (tertiary/aromatic N) is 2. The lowest BCUT2D eigenvalue weighted by atomic mass is 9.46. The number of fused-ring (bicyclic) bond motifs is 8. The summed E-state index contributed by atoms with van der Waals surface area (Å²) >= 11 is 1.35. The molecule has 4 aliphatic carbocycles. The van der Waals surface area contributed by atoms with Gasteiger partial charge in [-0.2, -0.15) is 4.98 Å². The Morgan fingerprint density at radius 2 is 2.12 bits per heavy atom. The summed E-state index contributed by atoms with van der Waals surface area (Å²) in [6.45, 7) is 6.41. The molecule has 5 aliphatic rings. The van der Waals surface area contributed by atoms with Crippen LogP contribution in [0, 0.1) is 28.6 Å². The minimum Gasteiger partial charge on any atom is -0.481 e. The molecule has 5 unspecified atom stereocenters. The van der Waals surface area contributed by atoms with Crippen LogP contribution in [0.25, 0.3) is 11.2 Å². The number of pyridine rings is 1. The number of aromatic nitrogens is 3. The van der Waals surface area contributed by atoms with E-state index in [1.54, 1.807) is 25.3 Å². The summed E-state index contributed by atoms with van der Waals surface area (Å²) in [5, 5.41) is 12.5. The maximum absolute atomic E-state index is 14.5. The first kappa shape index (κ1) is 28.3. The molecule has 3 heterocycles. The molecule has 7 rings (SSSR count). The number of carbonyl (C=O) groups is 2. The van der Waals surface area contributed by atoms with Crippen LogP contribution in [-0.2, 0) is 19.1 Å². The Hall–Kier alpha value is -2.53. The number of carbonyl (C=O) groups excluding carboxylic acids is 2. The molecule has 224 valence electrons. The molecule has 9 atom stereocenters. The average molecular weight is 594 g/mol. The van der Waals surface area contributed by atoms with Gasteiger partial charge in [-0.3, -0.25) is 9.59 Å². The van der Waals surface area contributed by atoms with Crippen molar-refractivity contribution < 1.29 is 28.9 Å². The van der Waals surface area contributed by atoms with Gasteiger partial charge in [0, 0.05) is 22.8 Å². The highest BCUT2D eigenvalue weighted by molar-refractivity contribution is 7.99. The highest BCUT2D eigenvalue weighted by Crippen LogP contribution is 2.69. The number of H-pyrrole nitrogens is 1. The largest absolute Gasteiger partial charge is 0.481 e. The van der Waals surface area contributed by atoms with Crippen LogP contribution < -0.4 is 4.74 Å². The van der Waals surface area contributed by atoms with E-state index < -0.39 is 23.4 Å². The van der Waals surface area contributed by atoms with Crippen molar-refractivity contribution in [3.8, 4) is 5.88 Å². The normalized spacial score (nSPS) is 40.3. The maximum atomic E-state index is 14.5. The second-order valence-corrected chi connectivity index (χ2v) is 14.1. The van der Waals surface area contributed by atoms with Gasteiger partial charge in [-0.25, -0.2) is 4.98 Å². The number of rotatable bonds is 7. The number of nitrogens with one attached hydrogen (secondary N) is 1. The average Bonchev–Trinajstić information content (AvgIpc) is 3.61. The van der Waals surface area contributed by atoms with Crippen LogP contribution >= 0.6 is 11.8 Å². The topological polar surface area (TPSA) is 124 Å². The zero-order chi connectivity index (χ0) is 29.4. The lowest BCUT2D eigenvalue weighted by molar-refractivity contribution is -0.197. The lowest BCUT2D eigenvalue weighted by Gasteiger charge is -2.59. The van der Waals surface area contributed by atoms with Crippen molar-refractivity contribution in [2.75, 3.05) is 12.9 Å². The van der Waals surface area contributed by atoms with Crippen LogP contribution in [0.15, 0.2) is 41.1 Å². The highest BCUT2D eigenvalue weighted by atomic mass is 32.2. The van der Waals surface area contributed by atoms with Crippen molar-refractivity contribution in [3.05, 3.63) is 35.9 Å². The third-order valence-electron chi connectivity index (χ3n) is 11.1. The molecule has 2 N–H and O–H groups in total. The van der Waals surface area contributed by atoms with Crippen molar-refractivity contribution >= 4 is 34.5 Å². The molecule has 0 spiro atoms. The first-order valence-electron chi connectivity index (χ1n) is 15.2. The molecular formula is C32H39N3O6S. The van der Waals surface area contributed by atoms with Gasteiger partial charge in [0.15, 0.2) is 34.3 Å². The van der Waals surface area contributed by atoms with Crippen LogP contribution in [0.4, 0.5) is 0 Å². The van der Waals surface area contributed by atoms with Crippen LogP contribution in [0.2, 0.25) is 0 Å². The molecule has 2 aromatic rings. The quantitative estimate of drug-likeness (QED) is 0.436. The number of ether oxygens (including phenoxy) is 3. The summed E-state index contributed by atoms with van der Waals surface area (Å²) in [6.07, 6.45) is 8.49. The summed E-state index contributed by atoms with van der Waals surface area (Å²) in [5.74, 6) is 0.981. The van der Waals surface area contributed by atoms with E-state index in [9.17, 15) is 14.7 Å². The van der Waals surface area contributed by atoms with E-state index in [4.69, 9.17) is 14.2 Å². The second-order valence-electron chi connectivity index (χ2n) is 13.1. The molecule has 1 aliphatic heterocycles. The standard InChI is InChI=1S/C32H39N3O6S/c1-5-6-26-40-24-14-20-19-8-7-17-13-18(36)11-12-30(17,2)27(19)22(37)15-31(20,3)32(24,41-26)23(38)16-42-29-33-21-9-10-25(39-4)34-28(21)35-29/h9-13,19-20,22,24,26-27,37H,5-8,14-16H2,1-4H3,(H,33,34,35)/t19?,20?,22-,24-,26+,27?,30?,31?,32+/m0/s1. The Kier molecular flexibility index (Phi) is 6.73. The van der Waals surface area contributed by atoms with Crippen LogP contribution in [0.3, 0.4) is 0 Å². The summed E-state index contributed by atoms with van der Waals surface area (Å²) in [5.41, 5.74) is 0.333. The number of methoxy groups -OCH3 is 1. The van der Waals surface area contributed by atoms with E-state index in [1.165, 1.54) is 11.8 Å². The highest BCUT2D eigenvalue weighted by Gasteiger charge is 2.75. The maximum Gasteiger partial charge on any atom is 0.215 e. The van der Waals surface area contributed by atoms with E-state index >= 15 is 0 Å². The van der Waals surface area contributed by atoms with Gasteiger partial charge in [0.1, 0.15) is 0 Å².